The van der Waals surface area contributed by atoms with Crippen LogP contribution in [0.5, 0.6) is 0 Å². The van der Waals surface area contributed by atoms with Gasteiger partial charge in [0.2, 0.25) is 11.8 Å². The molecule has 1 N–H and O–H groups in total. The molecule has 0 radical (unpaired) electrons. The highest BCUT2D eigenvalue weighted by molar-refractivity contribution is 6.23. The van der Waals surface area contributed by atoms with E-state index in [-0.39, 0.29) is 43.0 Å². The van der Waals surface area contributed by atoms with Gasteiger partial charge in [-0.3, -0.25) is 24.1 Å². The van der Waals surface area contributed by atoms with Crippen LogP contribution in [0, 0.1) is 17.8 Å². The Balaban J connectivity index is 1.43. The molecule has 0 spiro atoms. The number of aliphatic hydroxyl groups is 1. The minimum absolute atomic E-state index is 0.192. The van der Waals surface area contributed by atoms with Gasteiger partial charge in [0.15, 0.2) is 11.6 Å². The summed E-state index contributed by atoms with van der Waals surface area (Å²) in [6.45, 7) is 1.54. The van der Waals surface area contributed by atoms with E-state index in [9.17, 15) is 24.3 Å². The normalized spacial score (nSPS) is 27.6. The summed E-state index contributed by atoms with van der Waals surface area (Å²) in [5.41, 5.74) is 2.86. The predicted molar refractivity (Wildman–Crippen MR) is 128 cm³/mol. The Morgan fingerprint density at radius 3 is 2.50 bits per heavy atom. The topological polar surface area (TPSA) is 105 Å². The van der Waals surface area contributed by atoms with Crippen molar-refractivity contribution in [3.63, 3.8) is 0 Å². The first kappa shape index (κ1) is 22.6. The molecular weight excluding hydrogens is 458 g/mol. The number of imide groups is 1. The number of amides is 2. The maximum atomic E-state index is 13.7. The van der Waals surface area contributed by atoms with Crippen LogP contribution in [0.3, 0.4) is 0 Å². The van der Waals surface area contributed by atoms with Crippen molar-refractivity contribution in [2.24, 2.45) is 17.8 Å². The number of likely N-dealkylation sites (tertiary alicyclic amines) is 1. The van der Waals surface area contributed by atoms with Crippen LogP contribution in [0.2, 0.25) is 0 Å². The standard InChI is InChI=1S/C29H25NO6/c1-15-11-22(32)25-21(27(15)33)12-20-18(26(25)23-10-7-17(14-31)36-23)8-9-19-24(20)29(35)30(28(19)34)13-16-5-3-2-4-6-16/h2-8,10-11,19-20,24,26,31H,9,12-14H2,1H3/t19-,20+,24-,26+/m0/s1. The SMILES string of the molecule is CC1=CC(=O)C2=C(C[C@@H]3C(=CC[C@@H]4C(=O)N(Cc5ccccc5)C(=O)[C@@H]43)[C@@H]2c2ccc(CO)o2)C1=O. The van der Waals surface area contributed by atoms with E-state index in [1.165, 1.54) is 11.0 Å². The summed E-state index contributed by atoms with van der Waals surface area (Å²) in [6.07, 6.45) is 3.94. The molecule has 7 heteroatoms. The Labute approximate surface area is 207 Å². The molecule has 36 heavy (non-hydrogen) atoms. The van der Waals surface area contributed by atoms with Gasteiger partial charge in [-0.05, 0) is 49.5 Å². The van der Waals surface area contributed by atoms with E-state index in [1.54, 1.807) is 19.1 Å². The molecule has 4 aliphatic rings. The predicted octanol–water partition coefficient (Wildman–Crippen LogP) is 3.40. The highest BCUT2D eigenvalue weighted by Crippen LogP contribution is 2.55. The number of rotatable bonds is 4. The van der Waals surface area contributed by atoms with Crippen LogP contribution in [-0.2, 0) is 32.3 Å². The molecular formula is C29H25NO6. The Bertz CT molecular complexity index is 1410. The van der Waals surface area contributed by atoms with Crippen LogP contribution in [0.1, 0.15) is 42.8 Å². The average Bonchev–Trinajstić information content (AvgIpc) is 3.45. The van der Waals surface area contributed by atoms with Gasteiger partial charge in [-0.25, -0.2) is 0 Å². The summed E-state index contributed by atoms with van der Waals surface area (Å²) < 4.78 is 5.87. The maximum absolute atomic E-state index is 13.7. The fourth-order valence-corrected chi connectivity index (χ4v) is 6.33. The molecule has 182 valence electrons. The van der Waals surface area contributed by atoms with Gasteiger partial charge in [-0.1, -0.05) is 42.0 Å². The molecule has 4 atom stereocenters. The first-order chi connectivity index (χ1) is 17.4. The molecule has 1 fully saturated rings. The zero-order chi connectivity index (χ0) is 25.1. The van der Waals surface area contributed by atoms with Crippen molar-refractivity contribution in [1.82, 2.24) is 4.90 Å². The number of carbonyl (C=O) groups excluding carboxylic acids is 4. The molecule has 6 rings (SSSR count). The minimum atomic E-state index is -0.633. The summed E-state index contributed by atoms with van der Waals surface area (Å²) in [5.74, 6) is -2.18. The van der Waals surface area contributed by atoms with E-state index in [4.69, 9.17) is 4.42 Å². The monoisotopic (exact) mass is 483 g/mol. The number of carbonyl (C=O) groups is 4. The summed E-state index contributed by atoms with van der Waals surface area (Å²) in [6, 6.07) is 12.8. The number of hydrogen-bond acceptors (Lipinski definition) is 6. The second-order valence-corrected chi connectivity index (χ2v) is 9.94. The zero-order valence-corrected chi connectivity index (χ0v) is 19.8. The van der Waals surface area contributed by atoms with E-state index in [0.29, 0.717) is 34.7 Å². The summed E-state index contributed by atoms with van der Waals surface area (Å²) in [7, 11) is 0. The summed E-state index contributed by atoms with van der Waals surface area (Å²) in [4.78, 5) is 54.8. The first-order valence-corrected chi connectivity index (χ1v) is 12.2. The molecule has 1 aromatic carbocycles. The Kier molecular flexibility index (Phi) is 5.26. The van der Waals surface area contributed by atoms with Crippen LogP contribution in [0.15, 0.2) is 81.3 Å². The van der Waals surface area contributed by atoms with Crippen LogP contribution in [0.4, 0.5) is 0 Å². The number of furan rings is 1. The van der Waals surface area contributed by atoms with Crippen molar-refractivity contribution in [3.05, 3.63) is 94.0 Å². The van der Waals surface area contributed by atoms with Crippen molar-refractivity contribution in [2.75, 3.05) is 0 Å². The molecule has 3 aliphatic carbocycles. The molecule has 0 unspecified atom stereocenters. The first-order valence-electron chi connectivity index (χ1n) is 12.2. The number of fused-ring (bicyclic) bond motifs is 3. The molecule has 1 aliphatic heterocycles. The number of Topliss-reactive ketones (excluding diaryl/α,β-unsaturated/α-hetero) is 1. The highest BCUT2D eigenvalue weighted by Gasteiger charge is 2.56. The molecule has 2 heterocycles. The summed E-state index contributed by atoms with van der Waals surface area (Å²) >= 11 is 0. The zero-order valence-electron chi connectivity index (χ0n) is 19.8. The summed E-state index contributed by atoms with van der Waals surface area (Å²) in [5, 5.41) is 9.54. The van der Waals surface area contributed by atoms with Crippen molar-refractivity contribution in [3.8, 4) is 0 Å². The fourth-order valence-electron chi connectivity index (χ4n) is 6.33. The van der Waals surface area contributed by atoms with E-state index in [2.05, 4.69) is 0 Å². The van der Waals surface area contributed by atoms with Gasteiger partial charge in [0.1, 0.15) is 18.1 Å². The van der Waals surface area contributed by atoms with Gasteiger partial charge in [0.25, 0.3) is 0 Å². The van der Waals surface area contributed by atoms with Gasteiger partial charge in [-0.15, -0.1) is 0 Å². The van der Waals surface area contributed by atoms with Crippen molar-refractivity contribution in [2.45, 2.75) is 38.8 Å². The lowest BCUT2D eigenvalue weighted by Crippen LogP contribution is -2.39. The maximum Gasteiger partial charge on any atom is 0.234 e. The second kappa shape index (κ2) is 8.38. The highest BCUT2D eigenvalue weighted by atomic mass is 16.4. The van der Waals surface area contributed by atoms with E-state index >= 15 is 0 Å². The second-order valence-electron chi connectivity index (χ2n) is 9.94. The van der Waals surface area contributed by atoms with Crippen LogP contribution < -0.4 is 0 Å². The van der Waals surface area contributed by atoms with E-state index in [1.807, 2.05) is 36.4 Å². The fraction of sp³-hybridized carbons (Fsp3) is 0.310. The minimum Gasteiger partial charge on any atom is -0.463 e. The molecule has 1 saturated heterocycles. The molecule has 2 aromatic rings. The third-order valence-corrected chi connectivity index (χ3v) is 7.96. The molecule has 1 aromatic heterocycles. The quantitative estimate of drug-likeness (QED) is 0.406. The largest absolute Gasteiger partial charge is 0.463 e. The lowest BCUT2D eigenvalue weighted by molar-refractivity contribution is -0.140. The number of hydrogen-bond donors (Lipinski definition) is 1. The number of aliphatic hydroxyl groups excluding tert-OH is 1. The Morgan fingerprint density at radius 2 is 1.78 bits per heavy atom. The number of ketones is 2. The average molecular weight is 484 g/mol. The van der Waals surface area contributed by atoms with E-state index in [0.717, 1.165) is 11.1 Å². The van der Waals surface area contributed by atoms with Gasteiger partial charge >= 0.3 is 0 Å². The smallest absolute Gasteiger partial charge is 0.234 e. The molecule has 2 amide bonds. The van der Waals surface area contributed by atoms with Crippen molar-refractivity contribution < 1.29 is 28.7 Å². The van der Waals surface area contributed by atoms with Gasteiger partial charge in [0, 0.05) is 16.7 Å². The van der Waals surface area contributed by atoms with Crippen LogP contribution in [-0.4, -0.2) is 33.4 Å². The van der Waals surface area contributed by atoms with Crippen molar-refractivity contribution in [1.29, 1.82) is 0 Å². The Morgan fingerprint density at radius 1 is 1.00 bits per heavy atom. The lowest BCUT2D eigenvalue weighted by Gasteiger charge is -2.41. The third-order valence-electron chi connectivity index (χ3n) is 7.96. The van der Waals surface area contributed by atoms with Gasteiger partial charge in [0.05, 0.1) is 24.3 Å². The molecule has 0 saturated carbocycles. The Hall–Kier alpha value is -3.84. The number of nitrogens with zero attached hydrogens (tertiary/aromatic N) is 1. The number of benzene rings is 1. The van der Waals surface area contributed by atoms with Gasteiger partial charge in [-0.2, -0.15) is 0 Å². The number of allylic oxidation sites excluding steroid dienone is 6. The van der Waals surface area contributed by atoms with Crippen molar-refractivity contribution >= 4 is 23.4 Å². The molecule has 0 bridgehead atoms. The van der Waals surface area contributed by atoms with Crippen LogP contribution >= 0.6 is 0 Å². The lowest BCUT2D eigenvalue weighted by atomic mass is 9.60. The van der Waals surface area contributed by atoms with Crippen LogP contribution in [0.25, 0.3) is 0 Å². The molecule has 7 nitrogen and oxygen atoms in total. The third kappa shape index (κ3) is 3.30. The van der Waals surface area contributed by atoms with E-state index < -0.39 is 23.7 Å². The van der Waals surface area contributed by atoms with Gasteiger partial charge < -0.3 is 9.52 Å².